The summed E-state index contributed by atoms with van der Waals surface area (Å²) in [5.74, 6) is -1.16. The molecule has 8 heteroatoms. The Morgan fingerprint density at radius 2 is 1.85 bits per heavy atom. The normalized spacial score (nSPS) is 22.5. The fraction of sp³-hybridized carbons (Fsp3) is 0.423. The van der Waals surface area contributed by atoms with Gasteiger partial charge in [-0.15, -0.1) is 0 Å². The molecule has 0 amide bonds. The highest BCUT2D eigenvalue weighted by atomic mass is 16.5. The number of aliphatic imine (C=N–C) groups is 1. The number of aliphatic hydroxyl groups excluding tert-OH is 1. The monoisotopic (exact) mass is 464 g/mol. The molecule has 1 heterocycles. The smallest absolute Gasteiger partial charge is 0.325 e. The lowest BCUT2D eigenvalue weighted by Gasteiger charge is -2.27. The predicted molar refractivity (Wildman–Crippen MR) is 124 cm³/mol. The Hall–Kier alpha value is -3.55. The summed E-state index contributed by atoms with van der Waals surface area (Å²) in [6, 6.07) is 9.51. The van der Waals surface area contributed by atoms with Crippen LogP contribution in [0.15, 0.2) is 51.2 Å². The van der Waals surface area contributed by atoms with Gasteiger partial charge in [-0.1, -0.05) is 49.3 Å². The fourth-order valence-electron chi connectivity index (χ4n) is 4.84. The minimum atomic E-state index is -1.11. The van der Waals surface area contributed by atoms with Crippen molar-refractivity contribution in [3.63, 3.8) is 0 Å². The predicted octanol–water partition coefficient (Wildman–Crippen LogP) is 4.25. The van der Waals surface area contributed by atoms with E-state index in [1.807, 2.05) is 44.2 Å². The molecule has 1 saturated carbocycles. The minimum Gasteiger partial charge on any atom is -0.511 e. The zero-order chi connectivity index (χ0) is 24.5. The van der Waals surface area contributed by atoms with Crippen LogP contribution in [-0.2, 0) is 22.4 Å². The van der Waals surface area contributed by atoms with E-state index in [1.165, 1.54) is 0 Å². The maximum atomic E-state index is 13.1. The summed E-state index contributed by atoms with van der Waals surface area (Å²) in [7, 11) is 0. The Balaban J connectivity index is 1.58. The summed E-state index contributed by atoms with van der Waals surface area (Å²) in [6.07, 6.45) is 1.85. The number of hydrogen-bond acceptors (Lipinski definition) is 7. The molecule has 0 radical (unpaired) electrons. The van der Waals surface area contributed by atoms with E-state index in [-0.39, 0.29) is 53.5 Å². The van der Waals surface area contributed by atoms with Crippen LogP contribution in [-0.4, -0.2) is 45.2 Å². The molecule has 1 aromatic carbocycles. The van der Waals surface area contributed by atoms with Crippen molar-refractivity contribution in [2.45, 2.75) is 58.3 Å². The van der Waals surface area contributed by atoms with E-state index in [2.05, 4.69) is 10.1 Å². The third-order valence-corrected chi connectivity index (χ3v) is 6.39. The Morgan fingerprint density at radius 3 is 2.56 bits per heavy atom. The molecule has 1 aromatic heterocycles. The van der Waals surface area contributed by atoms with Gasteiger partial charge in [0, 0.05) is 32.1 Å². The first-order valence-corrected chi connectivity index (χ1v) is 11.4. The zero-order valence-electron chi connectivity index (χ0n) is 19.3. The number of ketones is 2. The molecule has 1 unspecified atom stereocenters. The van der Waals surface area contributed by atoms with Crippen molar-refractivity contribution in [3.8, 4) is 0 Å². The van der Waals surface area contributed by atoms with Gasteiger partial charge in [0.15, 0.2) is 11.6 Å². The van der Waals surface area contributed by atoms with Crippen molar-refractivity contribution in [1.82, 2.24) is 5.16 Å². The summed E-state index contributed by atoms with van der Waals surface area (Å²) < 4.78 is 5.42. The number of benzene rings is 1. The molecular formula is C26H28N2O6. The molecule has 0 spiro atoms. The molecule has 2 aliphatic rings. The summed E-state index contributed by atoms with van der Waals surface area (Å²) in [4.78, 5) is 41.0. The highest BCUT2D eigenvalue weighted by Gasteiger charge is 2.37. The number of hydrogen-bond donors (Lipinski definition) is 2. The van der Waals surface area contributed by atoms with Gasteiger partial charge in [0.25, 0.3) is 0 Å². The molecule has 8 nitrogen and oxygen atoms in total. The minimum absolute atomic E-state index is 0.0298. The van der Waals surface area contributed by atoms with E-state index >= 15 is 0 Å². The van der Waals surface area contributed by atoms with Crippen LogP contribution >= 0.6 is 0 Å². The fourth-order valence-corrected chi connectivity index (χ4v) is 4.84. The van der Waals surface area contributed by atoms with Crippen LogP contribution < -0.4 is 0 Å². The SMILES string of the molecule is CC1(C)CC(=O)c2c(CC/C(O)=C3/C(=O)CC(c4ccccc4)CC3=NCC(=O)O)noc2C1. The lowest BCUT2D eigenvalue weighted by molar-refractivity contribution is -0.135. The maximum Gasteiger partial charge on any atom is 0.325 e. The van der Waals surface area contributed by atoms with Gasteiger partial charge in [-0.05, 0) is 23.3 Å². The third-order valence-electron chi connectivity index (χ3n) is 6.39. The number of allylic oxidation sites excluding steroid dienone is 2. The Bertz CT molecular complexity index is 1190. The second kappa shape index (κ2) is 9.37. The second-order valence-corrected chi connectivity index (χ2v) is 9.79. The van der Waals surface area contributed by atoms with Gasteiger partial charge in [0.1, 0.15) is 18.1 Å². The number of aromatic nitrogens is 1. The van der Waals surface area contributed by atoms with Crippen LogP contribution in [0.25, 0.3) is 0 Å². The lowest BCUT2D eigenvalue weighted by Crippen LogP contribution is -2.27. The van der Waals surface area contributed by atoms with Crippen molar-refractivity contribution < 1.29 is 29.1 Å². The molecule has 1 atom stereocenters. The molecule has 0 aliphatic heterocycles. The van der Waals surface area contributed by atoms with Gasteiger partial charge >= 0.3 is 5.97 Å². The molecule has 0 bridgehead atoms. The summed E-state index contributed by atoms with van der Waals surface area (Å²) in [5, 5.41) is 24.0. The van der Waals surface area contributed by atoms with Crippen LogP contribution in [0, 0.1) is 5.41 Å². The van der Waals surface area contributed by atoms with Gasteiger partial charge < -0.3 is 14.7 Å². The number of aliphatic hydroxyl groups is 1. The van der Waals surface area contributed by atoms with Gasteiger partial charge in [0.2, 0.25) is 0 Å². The average molecular weight is 465 g/mol. The van der Waals surface area contributed by atoms with E-state index in [9.17, 15) is 19.5 Å². The van der Waals surface area contributed by atoms with E-state index in [0.717, 1.165) is 5.56 Å². The number of Topliss-reactive ketones (excluding diaryl/α,β-unsaturated/α-hetero) is 2. The molecule has 34 heavy (non-hydrogen) atoms. The number of aryl methyl sites for hydroxylation is 1. The first kappa shape index (κ1) is 23.6. The quantitative estimate of drug-likeness (QED) is 0.483. The van der Waals surface area contributed by atoms with Crippen molar-refractivity contribution in [1.29, 1.82) is 0 Å². The van der Waals surface area contributed by atoms with Gasteiger partial charge in [-0.2, -0.15) is 0 Å². The number of nitrogens with zero attached hydrogens (tertiary/aromatic N) is 2. The highest BCUT2D eigenvalue weighted by Crippen LogP contribution is 2.37. The Morgan fingerprint density at radius 1 is 1.12 bits per heavy atom. The standard InChI is InChI=1S/C26H28N2O6/c1-26(2)12-21(31)25-17(28-34-22(25)13-26)8-9-19(29)24-18(27-14-23(32)33)10-16(11-20(24)30)15-6-4-3-5-7-15/h3-7,16,29H,8-14H2,1-2H3,(H,32,33)/b24-19-,27-18?. The summed E-state index contributed by atoms with van der Waals surface area (Å²) in [5.41, 5.74) is 2.11. The summed E-state index contributed by atoms with van der Waals surface area (Å²) >= 11 is 0. The molecule has 2 N–H and O–H groups in total. The van der Waals surface area contributed by atoms with Gasteiger partial charge in [0.05, 0.1) is 22.5 Å². The van der Waals surface area contributed by atoms with E-state index in [0.29, 0.717) is 42.0 Å². The van der Waals surface area contributed by atoms with Crippen molar-refractivity contribution in [2.75, 3.05) is 6.54 Å². The molecular weight excluding hydrogens is 436 g/mol. The number of carboxylic acid groups (broad SMARTS) is 1. The van der Waals surface area contributed by atoms with Crippen LogP contribution in [0.4, 0.5) is 0 Å². The maximum absolute atomic E-state index is 13.1. The number of fused-ring (bicyclic) bond motifs is 1. The highest BCUT2D eigenvalue weighted by molar-refractivity contribution is 6.25. The third kappa shape index (κ3) is 5.00. The van der Waals surface area contributed by atoms with Crippen molar-refractivity contribution in [3.05, 3.63) is 64.2 Å². The molecule has 2 aliphatic carbocycles. The first-order valence-electron chi connectivity index (χ1n) is 11.4. The topological polar surface area (TPSA) is 130 Å². The second-order valence-electron chi connectivity index (χ2n) is 9.79. The lowest BCUT2D eigenvalue weighted by atomic mass is 9.76. The zero-order valence-corrected chi connectivity index (χ0v) is 19.3. The van der Waals surface area contributed by atoms with Crippen LogP contribution in [0.3, 0.4) is 0 Å². The van der Waals surface area contributed by atoms with Gasteiger partial charge in [-0.25, -0.2) is 0 Å². The average Bonchev–Trinajstić information content (AvgIpc) is 3.18. The van der Waals surface area contributed by atoms with E-state index in [4.69, 9.17) is 9.63 Å². The number of carbonyl (C=O) groups is 3. The number of rotatable bonds is 6. The van der Waals surface area contributed by atoms with Crippen LogP contribution in [0.5, 0.6) is 0 Å². The number of aliphatic carboxylic acids is 1. The first-order chi connectivity index (χ1) is 16.1. The molecule has 2 aromatic rings. The van der Waals surface area contributed by atoms with Crippen LogP contribution in [0.2, 0.25) is 0 Å². The number of carbonyl (C=O) groups excluding carboxylic acids is 2. The molecule has 178 valence electrons. The van der Waals surface area contributed by atoms with E-state index < -0.39 is 12.5 Å². The van der Waals surface area contributed by atoms with Gasteiger partial charge in [-0.3, -0.25) is 19.4 Å². The Kier molecular flexibility index (Phi) is 6.50. The van der Waals surface area contributed by atoms with Crippen LogP contribution in [0.1, 0.15) is 72.8 Å². The Labute approximate surface area is 197 Å². The largest absolute Gasteiger partial charge is 0.511 e. The molecule has 1 fully saturated rings. The molecule has 0 saturated heterocycles. The van der Waals surface area contributed by atoms with Crippen molar-refractivity contribution >= 4 is 23.2 Å². The number of carboxylic acids is 1. The van der Waals surface area contributed by atoms with E-state index in [1.54, 1.807) is 0 Å². The molecule has 4 rings (SSSR count). The summed E-state index contributed by atoms with van der Waals surface area (Å²) in [6.45, 7) is 3.52. The van der Waals surface area contributed by atoms with Crippen molar-refractivity contribution in [2.24, 2.45) is 10.4 Å².